The zero-order chi connectivity index (χ0) is 25.6. The van der Waals surface area contributed by atoms with Crippen LogP contribution in [0, 0.1) is 0 Å². The maximum atomic E-state index is 7.64. The van der Waals surface area contributed by atoms with Gasteiger partial charge < -0.3 is 8.85 Å². The smallest absolute Gasteiger partial charge is 0.217 e. The van der Waals surface area contributed by atoms with Gasteiger partial charge in [-0.3, -0.25) is 0 Å². The van der Waals surface area contributed by atoms with E-state index in [-0.39, 0.29) is 10.4 Å². The third kappa shape index (κ3) is 5.85. The van der Waals surface area contributed by atoms with Crippen molar-refractivity contribution in [3.63, 3.8) is 0 Å². The molecule has 0 rings (SSSR count). The van der Waals surface area contributed by atoms with Crippen molar-refractivity contribution >= 4 is 24.7 Å². The van der Waals surface area contributed by atoms with Crippen molar-refractivity contribution in [2.75, 3.05) is 0 Å². The fourth-order valence-electron chi connectivity index (χ4n) is 6.78. The Hall–Kier alpha value is 0.571. The Morgan fingerprint density at radius 3 is 1.16 bits per heavy atom. The van der Waals surface area contributed by atoms with Crippen molar-refractivity contribution in [2.45, 2.75) is 174 Å². The summed E-state index contributed by atoms with van der Waals surface area (Å²) in [6.45, 7) is 36.6. The molecule has 0 spiro atoms. The fraction of sp³-hybridized carbons (Fsp3) is 1.00. The molecular formula is C27H62O2Si3. The lowest BCUT2D eigenvalue weighted by Gasteiger charge is -2.58. The number of hydrogen-bond donors (Lipinski definition) is 0. The van der Waals surface area contributed by atoms with Gasteiger partial charge in [-0.2, -0.15) is 0 Å². The third-order valence-corrected chi connectivity index (χ3v) is 25.3. The van der Waals surface area contributed by atoms with E-state index in [1.165, 1.54) is 25.7 Å². The van der Waals surface area contributed by atoms with E-state index in [0.29, 0.717) is 5.04 Å². The average molecular weight is 503 g/mol. The fourth-order valence-corrected chi connectivity index (χ4v) is 21.3. The van der Waals surface area contributed by atoms with Crippen LogP contribution in [0.3, 0.4) is 0 Å². The first-order valence-corrected chi connectivity index (χ1v) is 22.8. The molecule has 0 aliphatic rings. The van der Waals surface area contributed by atoms with Gasteiger partial charge >= 0.3 is 0 Å². The molecule has 32 heavy (non-hydrogen) atoms. The minimum absolute atomic E-state index is 0.0306. The van der Waals surface area contributed by atoms with Crippen LogP contribution in [-0.4, -0.2) is 35.2 Å². The van der Waals surface area contributed by atoms with Crippen LogP contribution >= 0.6 is 0 Å². The van der Waals surface area contributed by atoms with Crippen LogP contribution in [0.25, 0.3) is 0 Å². The van der Waals surface area contributed by atoms with Gasteiger partial charge in [0.2, 0.25) is 8.32 Å². The van der Waals surface area contributed by atoms with Crippen LogP contribution in [-0.2, 0) is 8.85 Å². The molecule has 194 valence electrons. The summed E-state index contributed by atoms with van der Waals surface area (Å²) in [5.41, 5.74) is 0.806. The first-order valence-electron chi connectivity index (χ1n) is 13.9. The second kappa shape index (κ2) is 12.0. The van der Waals surface area contributed by atoms with Crippen molar-refractivity contribution in [1.82, 2.24) is 0 Å². The molecule has 0 amide bonds. The van der Waals surface area contributed by atoms with Crippen molar-refractivity contribution in [1.29, 1.82) is 0 Å². The van der Waals surface area contributed by atoms with Gasteiger partial charge in [0.25, 0.3) is 0 Å². The first kappa shape index (κ1) is 32.6. The first-order chi connectivity index (χ1) is 14.5. The van der Waals surface area contributed by atoms with Crippen molar-refractivity contribution < 1.29 is 8.85 Å². The molecule has 0 saturated carbocycles. The molecule has 0 saturated heterocycles. The molecule has 0 aromatic carbocycles. The van der Waals surface area contributed by atoms with Crippen molar-refractivity contribution in [3.8, 4) is 0 Å². The number of rotatable bonds is 16. The van der Waals surface area contributed by atoms with Crippen LogP contribution < -0.4 is 0 Å². The van der Waals surface area contributed by atoms with Crippen LogP contribution in [0.5, 0.6) is 0 Å². The maximum absolute atomic E-state index is 7.64. The van der Waals surface area contributed by atoms with Gasteiger partial charge in [0, 0.05) is 5.22 Å². The minimum Gasteiger partial charge on any atom is -0.412 e. The van der Waals surface area contributed by atoms with E-state index in [2.05, 4.69) is 102 Å². The number of hydrogen-bond acceptors (Lipinski definition) is 2. The van der Waals surface area contributed by atoms with Crippen LogP contribution in [0.2, 0.25) is 49.9 Å². The lowest BCUT2D eigenvalue weighted by molar-refractivity contribution is 0.0474. The third-order valence-electron chi connectivity index (χ3n) is 10.5. The van der Waals surface area contributed by atoms with Crippen LogP contribution in [0.15, 0.2) is 0 Å². The van der Waals surface area contributed by atoms with E-state index in [1.807, 2.05) is 0 Å². The van der Waals surface area contributed by atoms with Gasteiger partial charge in [-0.15, -0.1) is 0 Å². The average Bonchev–Trinajstić information content (AvgIpc) is 2.75. The zero-order valence-corrected chi connectivity index (χ0v) is 28.1. The van der Waals surface area contributed by atoms with E-state index in [1.54, 1.807) is 0 Å². The predicted octanol–water partition coefficient (Wildman–Crippen LogP) is 10.1. The maximum Gasteiger partial charge on any atom is 0.217 e. The molecule has 0 aromatic rings. The van der Waals surface area contributed by atoms with E-state index in [9.17, 15) is 0 Å². The topological polar surface area (TPSA) is 18.5 Å². The summed E-state index contributed by atoms with van der Waals surface area (Å²) in [5.74, 6) is 0. The summed E-state index contributed by atoms with van der Waals surface area (Å²) in [6.07, 6.45) is 9.30. The van der Waals surface area contributed by atoms with Crippen molar-refractivity contribution in [2.24, 2.45) is 0 Å². The van der Waals surface area contributed by atoms with E-state index < -0.39 is 24.7 Å². The van der Waals surface area contributed by atoms with E-state index in [4.69, 9.17) is 8.85 Å². The summed E-state index contributed by atoms with van der Waals surface area (Å²) in [5, 5.41) is 0.203. The van der Waals surface area contributed by atoms with Gasteiger partial charge in [0.15, 0.2) is 8.32 Å². The Balaban J connectivity index is 6.52. The highest BCUT2D eigenvalue weighted by atomic mass is 28.4. The van der Waals surface area contributed by atoms with Crippen LogP contribution in [0.4, 0.5) is 0 Å². The Kier molecular flexibility index (Phi) is 12.2. The Morgan fingerprint density at radius 2 is 0.875 bits per heavy atom. The molecule has 0 heterocycles. The molecule has 0 aromatic heterocycles. The highest BCUT2D eigenvalue weighted by molar-refractivity contribution is 6.84. The normalized spacial score (nSPS) is 15.0. The quantitative estimate of drug-likeness (QED) is 0.195. The van der Waals surface area contributed by atoms with Crippen molar-refractivity contribution in [3.05, 3.63) is 0 Å². The molecular weight excluding hydrogens is 441 g/mol. The van der Waals surface area contributed by atoms with Crippen LogP contribution in [0.1, 0.15) is 114 Å². The van der Waals surface area contributed by atoms with E-state index in [0.717, 1.165) is 31.2 Å². The highest BCUT2D eigenvalue weighted by Gasteiger charge is 2.58. The molecule has 0 atom stereocenters. The second-order valence-electron chi connectivity index (χ2n) is 12.1. The molecule has 0 radical (unpaired) electrons. The highest BCUT2D eigenvalue weighted by Crippen LogP contribution is 2.51. The lowest BCUT2D eigenvalue weighted by Crippen LogP contribution is -2.69. The lowest BCUT2D eigenvalue weighted by atomic mass is 10.1. The summed E-state index contributed by atoms with van der Waals surface area (Å²) in [4.78, 5) is 0. The Morgan fingerprint density at radius 1 is 0.531 bits per heavy atom. The van der Waals surface area contributed by atoms with Gasteiger partial charge in [-0.25, -0.2) is 0 Å². The Bertz CT molecular complexity index is 541. The monoisotopic (exact) mass is 502 g/mol. The molecule has 0 bridgehead atoms. The SMILES string of the molecule is CCC(CC)[Si](C)(C)C(CC)(CC)O[Si](C)(C)C(CC)(CC)O[Si](C)(C)C(C)(CC)CC. The summed E-state index contributed by atoms with van der Waals surface area (Å²) >= 11 is 0. The largest absolute Gasteiger partial charge is 0.412 e. The predicted molar refractivity (Wildman–Crippen MR) is 155 cm³/mol. The van der Waals surface area contributed by atoms with E-state index >= 15 is 0 Å². The minimum atomic E-state index is -2.21. The standard InChI is InChI=1S/C27H62O2Si3/c1-16-24(17-2)30(10,11)26(20-5,21-6)28-32(14,15)27(22-7,23-8)29-31(12,13)25(9,18-3)19-4/h24H,16-23H2,1-15H3. The Labute approximate surface area is 207 Å². The molecule has 5 heteroatoms. The molecule has 0 aliphatic heterocycles. The van der Waals surface area contributed by atoms with Gasteiger partial charge in [0.1, 0.15) is 0 Å². The molecule has 0 N–H and O–H groups in total. The molecule has 0 unspecified atom stereocenters. The van der Waals surface area contributed by atoms with Gasteiger partial charge in [-0.1, -0.05) is 101 Å². The zero-order valence-electron chi connectivity index (χ0n) is 25.1. The molecule has 0 aliphatic carbocycles. The molecule has 0 fully saturated rings. The summed E-state index contributed by atoms with van der Waals surface area (Å²) in [6, 6.07) is 0. The van der Waals surface area contributed by atoms with Gasteiger partial charge in [0.05, 0.1) is 13.3 Å². The second-order valence-corrected chi connectivity index (χ2v) is 25.9. The molecule has 2 nitrogen and oxygen atoms in total. The summed E-state index contributed by atoms with van der Waals surface area (Å²) in [7, 11) is -5.83. The van der Waals surface area contributed by atoms with Gasteiger partial charge in [-0.05, 0) is 62.5 Å². The summed E-state index contributed by atoms with van der Waals surface area (Å²) < 4.78 is 15.1.